The number of hydrogen-bond donors (Lipinski definition) is 1. The normalized spacial score (nSPS) is 15.7. The Morgan fingerprint density at radius 2 is 1.70 bits per heavy atom. The molecule has 0 bridgehead atoms. The summed E-state index contributed by atoms with van der Waals surface area (Å²) >= 11 is 3.46. The molecule has 1 aliphatic rings. The molecule has 0 radical (unpaired) electrons. The van der Waals surface area contributed by atoms with Crippen molar-refractivity contribution in [3.8, 4) is 5.75 Å². The Morgan fingerprint density at radius 1 is 1.13 bits per heavy atom. The molecular formula is C22H27BrN2O4S. The Morgan fingerprint density at radius 3 is 2.23 bits per heavy atom. The molecule has 1 fully saturated rings. The molecule has 0 saturated carbocycles. The number of ether oxygens (including phenoxy) is 1. The molecule has 30 heavy (non-hydrogen) atoms. The minimum Gasteiger partial charge on any atom is -0.494 e. The molecule has 162 valence electrons. The maximum Gasteiger partial charge on any atom is 0.243 e. The highest BCUT2D eigenvalue weighted by Crippen LogP contribution is 2.29. The van der Waals surface area contributed by atoms with E-state index < -0.39 is 10.0 Å². The fourth-order valence-electron chi connectivity index (χ4n) is 3.72. The smallest absolute Gasteiger partial charge is 0.243 e. The van der Waals surface area contributed by atoms with Gasteiger partial charge in [-0.15, -0.1) is 0 Å². The molecular weight excluding hydrogens is 468 g/mol. The lowest BCUT2D eigenvalue weighted by atomic mass is 9.96. The van der Waals surface area contributed by atoms with E-state index in [4.69, 9.17) is 4.74 Å². The first-order chi connectivity index (χ1) is 14.2. The third-order valence-corrected chi connectivity index (χ3v) is 7.71. The topological polar surface area (TPSA) is 75.7 Å². The summed E-state index contributed by atoms with van der Waals surface area (Å²) in [6.45, 7) is 6.97. The van der Waals surface area contributed by atoms with Crippen LogP contribution in [0.3, 0.4) is 0 Å². The van der Waals surface area contributed by atoms with Gasteiger partial charge in [-0.3, -0.25) is 4.79 Å². The zero-order chi connectivity index (χ0) is 21.9. The molecule has 1 aliphatic heterocycles. The Labute approximate surface area is 186 Å². The molecule has 1 heterocycles. The molecule has 2 aromatic carbocycles. The summed E-state index contributed by atoms with van der Waals surface area (Å²) < 4.78 is 33.7. The number of benzene rings is 2. The van der Waals surface area contributed by atoms with Crippen LogP contribution in [0, 0.1) is 19.8 Å². The van der Waals surface area contributed by atoms with Gasteiger partial charge < -0.3 is 10.1 Å². The maximum absolute atomic E-state index is 12.9. The van der Waals surface area contributed by atoms with Crippen LogP contribution in [0.1, 0.15) is 30.9 Å². The van der Waals surface area contributed by atoms with Crippen molar-refractivity contribution >= 4 is 37.5 Å². The zero-order valence-electron chi connectivity index (χ0n) is 17.4. The highest BCUT2D eigenvalue weighted by Gasteiger charge is 2.32. The number of carbonyl (C=O) groups is 1. The molecule has 0 spiro atoms. The van der Waals surface area contributed by atoms with Gasteiger partial charge in [-0.1, -0.05) is 15.9 Å². The molecule has 3 rings (SSSR count). The van der Waals surface area contributed by atoms with Crippen LogP contribution >= 0.6 is 15.9 Å². The van der Waals surface area contributed by atoms with Crippen molar-refractivity contribution in [2.45, 2.75) is 38.5 Å². The van der Waals surface area contributed by atoms with Gasteiger partial charge in [0, 0.05) is 29.2 Å². The molecule has 1 N–H and O–H groups in total. The van der Waals surface area contributed by atoms with Crippen molar-refractivity contribution < 1.29 is 17.9 Å². The van der Waals surface area contributed by atoms with Gasteiger partial charge in [0.2, 0.25) is 15.9 Å². The summed E-state index contributed by atoms with van der Waals surface area (Å²) in [5, 5.41) is 3.04. The number of carbonyl (C=O) groups excluding carboxylic acids is 1. The minimum absolute atomic E-state index is 0.0540. The van der Waals surface area contributed by atoms with Gasteiger partial charge in [0.15, 0.2) is 0 Å². The largest absolute Gasteiger partial charge is 0.494 e. The third kappa shape index (κ3) is 5.04. The number of sulfonamides is 1. The van der Waals surface area contributed by atoms with Gasteiger partial charge in [0.25, 0.3) is 0 Å². The first-order valence-corrected chi connectivity index (χ1v) is 12.3. The Kier molecular flexibility index (Phi) is 7.21. The van der Waals surface area contributed by atoms with Crippen molar-refractivity contribution in [3.05, 3.63) is 52.0 Å². The van der Waals surface area contributed by atoms with Crippen molar-refractivity contribution in [1.29, 1.82) is 0 Å². The van der Waals surface area contributed by atoms with Gasteiger partial charge in [-0.25, -0.2) is 8.42 Å². The van der Waals surface area contributed by atoms with E-state index in [1.165, 1.54) is 4.31 Å². The van der Waals surface area contributed by atoms with Gasteiger partial charge in [-0.2, -0.15) is 4.31 Å². The monoisotopic (exact) mass is 494 g/mol. The van der Waals surface area contributed by atoms with E-state index in [0.29, 0.717) is 38.3 Å². The summed E-state index contributed by atoms with van der Waals surface area (Å²) in [5.41, 5.74) is 2.81. The number of nitrogens with one attached hydrogen (secondary N) is 1. The highest BCUT2D eigenvalue weighted by atomic mass is 79.9. The van der Waals surface area contributed by atoms with Gasteiger partial charge >= 0.3 is 0 Å². The first-order valence-electron chi connectivity index (χ1n) is 10.0. The van der Waals surface area contributed by atoms with Crippen molar-refractivity contribution in [3.63, 3.8) is 0 Å². The lowest BCUT2D eigenvalue weighted by Gasteiger charge is -2.30. The second-order valence-electron chi connectivity index (χ2n) is 7.49. The van der Waals surface area contributed by atoms with Crippen LogP contribution in [0.5, 0.6) is 5.75 Å². The number of amides is 1. The number of nitrogens with zero attached hydrogens (tertiary/aromatic N) is 1. The number of anilines is 1. The van der Waals surface area contributed by atoms with Crippen LogP contribution in [0.4, 0.5) is 5.69 Å². The van der Waals surface area contributed by atoms with E-state index >= 15 is 0 Å². The van der Waals surface area contributed by atoms with Crippen LogP contribution in [-0.2, 0) is 14.8 Å². The van der Waals surface area contributed by atoms with Gasteiger partial charge in [-0.05, 0) is 81.1 Å². The molecule has 1 amide bonds. The number of rotatable bonds is 6. The number of piperidine rings is 1. The van der Waals surface area contributed by atoms with Crippen LogP contribution in [0.2, 0.25) is 0 Å². The number of halogens is 1. The highest BCUT2D eigenvalue weighted by molar-refractivity contribution is 9.10. The summed E-state index contributed by atoms with van der Waals surface area (Å²) in [5.74, 6) is 0.381. The van der Waals surface area contributed by atoms with Crippen molar-refractivity contribution in [2.75, 3.05) is 25.0 Å². The van der Waals surface area contributed by atoms with Gasteiger partial charge in [0.05, 0.1) is 11.5 Å². The van der Waals surface area contributed by atoms with Crippen LogP contribution in [-0.4, -0.2) is 38.3 Å². The maximum atomic E-state index is 12.9. The van der Waals surface area contributed by atoms with Gasteiger partial charge in [0.1, 0.15) is 5.75 Å². The molecule has 1 saturated heterocycles. The van der Waals surface area contributed by atoms with Crippen molar-refractivity contribution in [1.82, 2.24) is 4.31 Å². The van der Waals surface area contributed by atoms with E-state index in [9.17, 15) is 13.2 Å². The second kappa shape index (κ2) is 9.49. The van der Waals surface area contributed by atoms with Crippen LogP contribution in [0.25, 0.3) is 0 Å². The molecule has 6 nitrogen and oxygen atoms in total. The quantitative estimate of drug-likeness (QED) is 0.640. The Balaban J connectivity index is 1.63. The molecule has 8 heteroatoms. The van der Waals surface area contributed by atoms with Crippen molar-refractivity contribution in [2.24, 2.45) is 5.92 Å². The van der Waals surface area contributed by atoms with E-state index in [-0.39, 0.29) is 16.7 Å². The van der Waals surface area contributed by atoms with E-state index in [1.807, 2.05) is 32.9 Å². The first kappa shape index (κ1) is 22.8. The molecule has 0 aliphatic carbocycles. The predicted octanol–water partition coefficient (Wildman–Crippen LogP) is 4.50. The molecule has 0 atom stereocenters. The third-order valence-electron chi connectivity index (χ3n) is 5.34. The molecule has 2 aromatic rings. The average molecular weight is 495 g/mol. The Hall–Kier alpha value is -1.90. The molecule has 0 unspecified atom stereocenters. The SMILES string of the molecule is CCOc1ccc(S(=O)(=O)N2CCC(C(=O)Nc3c(C)cc(Br)cc3C)CC2)cc1. The summed E-state index contributed by atoms with van der Waals surface area (Å²) in [7, 11) is -3.58. The van der Waals surface area contributed by atoms with Crippen LogP contribution in [0.15, 0.2) is 45.8 Å². The summed E-state index contributed by atoms with van der Waals surface area (Å²) in [4.78, 5) is 13.0. The van der Waals surface area contributed by atoms with E-state index in [2.05, 4.69) is 21.2 Å². The zero-order valence-corrected chi connectivity index (χ0v) is 19.8. The average Bonchev–Trinajstić information content (AvgIpc) is 2.71. The fourth-order valence-corrected chi connectivity index (χ4v) is 5.87. The summed E-state index contributed by atoms with van der Waals surface area (Å²) in [6, 6.07) is 10.4. The number of hydrogen-bond acceptors (Lipinski definition) is 4. The Bertz CT molecular complexity index is 991. The second-order valence-corrected chi connectivity index (χ2v) is 10.3. The summed E-state index contributed by atoms with van der Waals surface area (Å²) in [6.07, 6.45) is 0.993. The minimum atomic E-state index is -3.58. The van der Waals surface area contributed by atoms with E-state index in [1.54, 1.807) is 24.3 Å². The predicted molar refractivity (Wildman–Crippen MR) is 121 cm³/mol. The lowest BCUT2D eigenvalue weighted by Crippen LogP contribution is -2.41. The number of aryl methyl sites for hydroxylation is 2. The lowest BCUT2D eigenvalue weighted by molar-refractivity contribution is -0.120. The molecule has 0 aromatic heterocycles. The van der Waals surface area contributed by atoms with E-state index in [0.717, 1.165) is 21.3 Å². The standard InChI is InChI=1S/C22H27BrN2O4S/c1-4-29-19-5-7-20(8-6-19)30(27,28)25-11-9-17(10-12-25)22(26)24-21-15(2)13-18(23)14-16(21)3/h5-8,13-14,17H,4,9-12H2,1-3H3,(H,24,26). The fraction of sp³-hybridized carbons (Fsp3) is 0.409. The van der Waals surface area contributed by atoms with Crippen LogP contribution < -0.4 is 10.1 Å².